The Morgan fingerprint density at radius 3 is 2.53 bits per heavy atom. The highest BCUT2D eigenvalue weighted by atomic mass is 16.3. The van der Waals surface area contributed by atoms with E-state index in [0.29, 0.717) is 23.3 Å². The third kappa shape index (κ3) is 4.39. The van der Waals surface area contributed by atoms with Crippen molar-refractivity contribution >= 4 is 23.5 Å². The Bertz CT molecular complexity index is 1070. The van der Waals surface area contributed by atoms with Crippen molar-refractivity contribution in [3.05, 3.63) is 33.3 Å². The molecule has 3 N–H and O–H groups in total. The maximum Gasteiger partial charge on any atom is 0.270 e. The molecule has 0 radical (unpaired) electrons. The molecule has 1 fully saturated rings. The van der Waals surface area contributed by atoms with Gasteiger partial charge in [0.05, 0.1) is 6.20 Å². The van der Waals surface area contributed by atoms with Gasteiger partial charge in [-0.15, -0.1) is 0 Å². The molecule has 1 saturated carbocycles. The van der Waals surface area contributed by atoms with Crippen molar-refractivity contribution < 1.29 is 14.7 Å². The predicted molar refractivity (Wildman–Crippen MR) is 113 cm³/mol. The molecule has 0 spiro atoms. The fourth-order valence-electron chi connectivity index (χ4n) is 3.21. The highest BCUT2D eigenvalue weighted by Gasteiger charge is 2.29. The molecule has 2 aromatic heterocycles. The third-order valence-corrected chi connectivity index (χ3v) is 4.75. The van der Waals surface area contributed by atoms with Gasteiger partial charge in [0.25, 0.3) is 11.5 Å². The SMILES string of the molecule is CC(=Cc1cnn2c(O)c(C(=O)NC3CC3)c(=O)n(CC(C)C)c12)C(=O)NC(C)C. The fourth-order valence-corrected chi connectivity index (χ4v) is 3.21. The van der Waals surface area contributed by atoms with Gasteiger partial charge >= 0.3 is 0 Å². The lowest BCUT2D eigenvalue weighted by molar-refractivity contribution is -0.117. The number of amides is 2. The van der Waals surface area contributed by atoms with E-state index >= 15 is 0 Å². The third-order valence-electron chi connectivity index (χ3n) is 4.75. The van der Waals surface area contributed by atoms with Crippen LogP contribution >= 0.6 is 0 Å². The molecule has 9 heteroatoms. The first-order valence-electron chi connectivity index (χ1n) is 10.2. The molecule has 1 aliphatic rings. The van der Waals surface area contributed by atoms with Gasteiger partial charge in [-0.25, -0.2) is 0 Å². The summed E-state index contributed by atoms with van der Waals surface area (Å²) in [5.74, 6) is -1.23. The summed E-state index contributed by atoms with van der Waals surface area (Å²) in [6.07, 6.45) is 4.83. The second-order valence-electron chi connectivity index (χ2n) is 8.55. The number of aromatic hydroxyl groups is 1. The van der Waals surface area contributed by atoms with E-state index in [1.54, 1.807) is 13.0 Å². The number of hydrogen-bond donors (Lipinski definition) is 3. The van der Waals surface area contributed by atoms with E-state index in [1.807, 2.05) is 27.7 Å². The topological polar surface area (TPSA) is 118 Å². The monoisotopic (exact) mass is 415 g/mol. The quantitative estimate of drug-likeness (QED) is 0.595. The summed E-state index contributed by atoms with van der Waals surface area (Å²) < 4.78 is 2.63. The van der Waals surface area contributed by atoms with Crippen LogP contribution < -0.4 is 16.2 Å². The molecule has 9 nitrogen and oxygen atoms in total. The van der Waals surface area contributed by atoms with Crippen molar-refractivity contribution in [3.63, 3.8) is 0 Å². The van der Waals surface area contributed by atoms with Crippen molar-refractivity contribution in [1.82, 2.24) is 24.8 Å². The van der Waals surface area contributed by atoms with Gasteiger partial charge in [0.1, 0.15) is 5.65 Å². The molecular formula is C21H29N5O4. The van der Waals surface area contributed by atoms with E-state index in [-0.39, 0.29) is 29.5 Å². The molecule has 2 amide bonds. The van der Waals surface area contributed by atoms with E-state index in [9.17, 15) is 19.5 Å². The number of fused-ring (bicyclic) bond motifs is 1. The summed E-state index contributed by atoms with van der Waals surface area (Å²) in [5.41, 5.74) is 0.394. The normalized spacial score (nSPS) is 14.6. The summed E-state index contributed by atoms with van der Waals surface area (Å²) in [5, 5.41) is 20.4. The van der Waals surface area contributed by atoms with Crippen LogP contribution in [0.2, 0.25) is 0 Å². The number of nitrogens with zero attached hydrogens (tertiary/aromatic N) is 3. The van der Waals surface area contributed by atoms with E-state index in [2.05, 4.69) is 15.7 Å². The van der Waals surface area contributed by atoms with E-state index < -0.39 is 17.3 Å². The standard InChI is InChI=1S/C21H29N5O4/c1-11(2)10-25-19-14(8-13(5)17(27)23-12(3)4)9-22-26(19)21(30)16(20(25)29)18(28)24-15-6-7-15/h8-9,11-12,15,30H,6-7,10H2,1-5H3,(H,23,27)(H,24,28). The van der Waals surface area contributed by atoms with Crippen LogP contribution in [-0.4, -0.2) is 43.2 Å². The van der Waals surface area contributed by atoms with Crippen molar-refractivity contribution in [2.24, 2.45) is 5.92 Å². The highest BCUT2D eigenvalue weighted by molar-refractivity contribution is 5.99. The van der Waals surface area contributed by atoms with Crippen LogP contribution in [0.4, 0.5) is 0 Å². The Morgan fingerprint density at radius 2 is 1.97 bits per heavy atom. The Balaban J connectivity index is 2.17. The van der Waals surface area contributed by atoms with Crippen molar-refractivity contribution in [2.75, 3.05) is 0 Å². The van der Waals surface area contributed by atoms with Crippen molar-refractivity contribution in [1.29, 1.82) is 0 Å². The summed E-state index contributed by atoms with van der Waals surface area (Å²) >= 11 is 0. The summed E-state index contributed by atoms with van der Waals surface area (Å²) in [6, 6.07) is 0.0317. The molecule has 1 aliphatic carbocycles. The zero-order valence-electron chi connectivity index (χ0n) is 18.0. The lowest BCUT2D eigenvalue weighted by atomic mass is 10.1. The molecule has 30 heavy (non-hydrogen) atoms. The fraction of sp³-hybridized carbons (Fsp3) is 0.524. The maximum atomic E-state index is 13.2. The first kappa shape index (κ1) is 21.6. The Hall–Kier alpha value is -3.10. The molecule has 0 saturated heterocycles. The molecule has 0 unspecified atom stereocenters. The number of carbonyl (C=O) groups excluding carboxylic acids is 2. The molecule has 3 rings (SSSR count). The van der Waals surface area contributed by atoms with Crippen LogP contribution in [0.5, 0.6) is 5.88 Å². The summed E-state index contributed by atoms with van der Waals surface area (Å²) in [4.78, 5) is 38.1. The average Bonchev–Trinajstić information content (AvgIpc) is 3.35. The number of hydrogen-bond acceptors (Lipinski definition) is 5. The Labute approximate surface area is 174 Å². The average molecular weight is 415 g/mol. The van der Waals surface area contributed by atoms with Crippen LogP contribution in [-0.2, 0) is 11.3 Å². The molecular weight excluding hydrogens is 386 g/mol. The first-order chi connectivity index (χ1) is 14.1. The first-order valence-corrected chi connectivity index (χ1v) is 10.2. The summed E-state index contributed by atoms with van der Waals surface area (Å²) in [6.45, 7) is 9.64. The molecule has 2 heterocycles. The van der Waals surface area contributed by atoms with E-state index in [1.165, 1.54) is 15.3 Å². The van der Waals surface area contributed by atoms with Gasteiger partial charge in [-0.1, -0.05) is 13.8 Å². The largest absolute Gasteiger partial charge is 0.492 e. The van der Waals surface area contributed by atoms with Crippen LogP contribution in [0.1, 0.15) is 63.4 Å². The molecule has 0 bridgehead atoms. The second-order valence-corrected chi connectivity index (χ2v) is 8.55. The predicted octanol–water partition coefficient (Wildman–Crippen LogP) is 1.68. The lowest BCUT2D eigenvalue weighted by Crippen LogP contribution is -2.36. The smallest absolute Gasteiger partial charge is 0.270 e. The van der Waals surface area contributed by atoms with Gasteiger partial charge in [-0.2, -0.15) is 9.61 Å². The second kappa shape index (κ2) is 8.33. The van der Waals surface area contributed by atoms with Gasteiger partial charge in [0, 0.05) is 29.8 Å². The Kier molecular flexibility index (Phi) is 6.00. The number of nitrogens with one attached hydrogen (secondary N) is 2. The summed E-state index contributed by atoms with van der Waals surface area (Å²) in [7, 11) is 0. The van der Waals surface area contributed by atoms with Crippen molar-refractivity contribution in [2.45, 2.75) is 66.1 Å². The van der Waals surface area contributed by atoms with Crippen LogP contribution in [0.3, 0.4) is 0 Å². The van der Waals surface area contributed by atoms with Gasteiger partial charge in [0.2, 0.25) is 11.8 Å². The van der Waals surface area contributed by atoms with Crippen LogP contribution in [0.15, 0.2) is 16.6 Å². The van der Waals surface area contributed by atoms with Gasteiger partial charge in [-0.05, 0) is 45.6 Å². The maximum absolute atomic E-state index is 13.2. The van der Waals surface area contributed by atoms with E-state index in [4.69, 9.17) is 0 Å². The zero-order valence-corrected chi connectivity index (χ0v) is 18.0. The molecule has 0 aromatic carbocycles. The van der Waals surface area contributed by atoms with Crippen LogP contribution in [0.25, 0.3) is 11.7 Å². The molecule has 0 aliphatic heterocycles. The minimum Gasteiger partial charge on any atom is -0.492 e. The molecule has 2 aromatic rings. The van der Waals surface area contributed by atoms with Gasteiger partial charge < -0.3 is 15.7 Å². The number of aromatic nitrogens is 3. The van der Waals surface area contributed by atoms with Crippen molar-refractivity contribution in [3.8, 4) is 5.88 Å². The highest BCUT2D eigenvalue weighted by Crippen LogP contribution is 2.24. The zero-order chi connectivity index (χ0) is 22.2. The lowest BCUT2D eigenvalue weighted by Gasteiger charge is -2.15. The van der Waals surface area contributed by atoms with Crippen LogP contribution in [0, 0.1) is 5.92 Å². The minimum atomic E-state index is -0.598. The van der Waals surface area contributed by atoms with E-state index in [0.717, 1.165) is 12.8 Å². The molecule has 0 atom stereocenters. The minimum absolute atomic E-state index is 0.0135. The van der Waals surface area contributed by atoms with Gasteiger partial charge in [0.15, 0.2) is 5.56 Å². The molecule has 162 valence electrons. The Morgan fingerprint density at radius 1 is 1.30 bits per heavy atom. The number of rotatable bonds is 7. The number of carbonyl (C=O) groups is 2. The van der Waals surface area contributed by atoms with Gasteiger partial charge in [-0.3, -0.25) is 19.0 Å².